The van der Waals surface area contributed by atoms with Crippen LogP contribution in [0.15, 0.2) is 17.4 Å². The van der Waals surface area contributed by atoms with E-state index in [1.807, 2.05) is 13.2 Å². The van der Waals surface area contributed by atoms with E-state index in [0.717, 1.165) is 24.2 Å². The maximum Gasteiger partial charge on any atom is 0.191 e. The molecule has 1 saturated carbocycles. The lowest BCUT2D eigenvalue weighted by Crippen LogP contribution is -2.49. The summed E-state index contributed by atoms with van der Waals surface area (Å²) in [5.74, 6) is 3.52. The van der Waals surface area contributed by atoms with Crippen LogP contribution in [-0.2, 0) is 13.1 Å². The molecule has 2 aliphatic rings. The van der Waals surface area contributed by atoms with E-state index < -0.39 is 0 Å². The number of piperidine rings is 1. The van der Waals surface area contributed by atoms with E-state index in [1.54, 1.807) is 0 Å². The fourth-order valence-corrected chi connectivity index (χ4v) is 4.61. The first-order valence-electron chi connectivity index (χ1n) is 11.3. The number of likely N-dealkylation sites (tertiary alicyclic amines) is 1. The zero-order chi connectivity index (χ0) is 19.8. The molecular weight excluding hydrogens is 475 g/mol. The monoisotopic (exact) mass is 516 g/mol. The summed E-state index contributed by atoms with van der Waals surface area (Å²) in [6.07, 6.45) is 13.6. The van der Waals surface area contributed by atoms with Gasteiger partial charge in [-0.25, -0.2) is 4.98 Å². The molecule has 1 aromatic heterocycles. The maximum atomic E-state index is 4.50. The van der Waals surface area contributed by atoms with Crippen LogP contribution in [-0.4, -0.2) is 53.1 Å². The van der Waals surface area contributed by atoms with Crippen LogP contribution in [0.2, 0.25) is 0 Å². The summed E-state index contributed by atoms with van der Waals surface area (Å²) in [5.41, 5.74) is 0. The molecular formula is C22H41IN6. The normalized spacial score (nSPS) is 19.9. The molecule has 1 aromatic rings. The Hall–Kier alpha value is -0.830. The Morgan fingerprint density at radius 2 is 1.90 bits per heavy atom. The Balaban J connectivity index is 0.00000300. The molecule has 0 aromatic carbocycles. The lowest BCUT2D eigenvalue weighted by Gasteiger charge is -2.36. The number of imidazole rings is 1. The van der Waals surface area contributed by atoms with Gasteiger partial charge in [-0.05, 0) is 37.5 Å². The highest BCUT2D eigenvalue weighted by atomic mass is 127. The van der Waals surface area contributed by atoms with Crippen molar-refractivity contribution in [2.24, 2.45) is 16.8 Å². The second-order valence-corrected chi connectivity index (χ2v) is 9.04. The summed E-state index contributed by atoms with van der Waals surface area (Å²) >= 11 is 0. The molecule has 2 fully saturated rings. The molecule has 1 aliphatic carbocycles. The van der Waals surface area contributed by atoms with Crippen LogP contribution in [0.4, 0.5) is 0 Å². The Labute approximate surface area is 194 Å². The van der Waals surface area contributed by atoms with E-state index >= 15 is 0 Å². The van der Waals surface area contributed by atoms with Gasteiger partial charge in [0.25, 0.3) is 0 Å². The third-order valence-corrected chi connectivity index (χ3v) is 6.17. The number of aliphatic imine (C=N–C) groups is 1. The molecule has 2 N–H and O–H groups in total. The molecule has 0 amide bonds. The fraction of sp³-hybridized carbons (Fsp3) is 0.818. The quantitative estimate of drug-likeness (QED) is 0.328. The summed E-state index contributed by atoms with van der Waals surface area (Å²) in [6, 6.07) is 0.518. The molecule has 0 atom stereocenters. The molecule has 2 heterocycles. The van der Waals surface area contributed by atoms with Gasteiger partial charge in [0, 0.05) is 51.7 Å². The van der Waals surface area contributed by atoms with Gasteiger partial charge in [-0.1, -0.05) is 33.1 Å². The van der Waals surface area contributed by atoms with Gasteiger partial charge < -0.3 is 20.1 Å². The van der Waals surface area contributed by atoms with Crippen molar-refractivity contribution in [2.75, 3.05) is 26.7 Å². The lowest BCUT2D eigenvalue weighted by molar-refractivity contribution is 0.160. The molecule has 1 aliphatic heterocycles. The first-order valence-corrected chi connectivity index (χ1v) is 11.3. The Morgan fingerprint density at radius 3 is 2.55 bits per heavy atom. The summed E-state index contributed by atoms with van der Waals surface area (Å²) in [7, 11) is 1.86. The highest BCUT2D eigenvalue weighted by Gasteiger charge is 2.23. The van der Waals surface area contributed by atoms with E-state index in [4.69, 9.17) is 0 Å². The number of rotatable bonds is 7. The largest absolute Gasteiger partial charge is 0.354 e. The van der Waals surface area contributed by atoms with Crippen molar-refractivity contribution in [2.45, 2.75) is 77.9 Å². The van der Waals surface area contributed by atoms with Gasteiger partial charge in [0.05, 0.1) is 6.54 Å². The van der Waals surface area contributed by atoms with Crippen LogP contribution in [0, 0.1) is 11.8 Å². The number of halogens is 1. The van der Waals surface area contributed by atoms with E-state index in [0.29, 0.717) is 18.5 Å². The van der Waals surface area contributed by atoms with Gasteiger partial charge >= 0.3 is 0 Å². The number of nitrogens with one attached hydrogen (secondary N) is 2. The van der Waals surface area contributed by atoms with Crippen LogP contribution in [0.25, 0.3) is 0 Å². The van der Waals surface area contributed by atoms with Gasteiger partial charge in [0.2, 0.25) is 0 Å². The Morgan fingerprint density at radius 1 is 1.17 bits per heavy atom. The maximum absolute atomic E-state index is 4.50. The summed E-state index contributed by atoms with van der Waals surface area (Å²) in [5, 5.41) is 7.08. The van der Waals surface area contributed by atoms with Crippen molar-refractivity contribution >= 4 is 29.9 Å². The van der Waals surface area contributed by atoms with Gasteiger partial charge in [-0.15, -0.1) is 24.0 Å². The minimum Gasteiger partial charge on any atom is -0.354 e. The van der Waals surface area contributed by atoms with E-state index in [-0.39, 0.29) is 24.0 Å². The molecule has 29 heavy (non-hydrogen) atoms. The van der Waals surface area contributed by atoms with Crippen molar-refractivity contribution in [1.29, 1.82) is 0 Å². The predicted molar refractivity (Wildman–Crippen MR) is 132 cm³/mol. The number of hydrogen-bond donors (Lipinski definition) is 2. The van der Waals surface area contributed by atoms with Crippen molar-refractivity contribution in [3.8, 4) is 0 Å². The number of aromatic nitrogens is 2. The third kappa shape index (κ3) is 8.07. The van der Waals surface area contributed by atoms with Crippen molar-refractivity contribution in [3.63, 3.8) is 0 Å². The highest BCUT2D eigenvalue weighted by Crippen LogP contribution is 2.25. The average Bonchev–Trinajstić information content (AvgIpc) is 3.13. The molecule has 7 heteroatoms. The number of nitrogens with zero attached hydrogens (tertiary/aromatic N) is 4. The molecule has 1 saturated heterocycles. The zero-order valence-electron chi connectivity index (χ0n) is 18.6. The molecule has 0 bridgehead atoms. The minimum absolute atomic E-state index is 0. The molecule has 0 radical (unpaired) electrons. The number of guanidine groups is 1. The van der Waals surface area contributed by atoms with Crippen LogP contribution < -0.4 is 10.6 Å². The number of hydrogen-bond acceptors (Lipinski definition) is 3. The summed E-state index contributed by atoms with van der Waals surface area (Å²) < 4.78 is 2.23. The van der Waals surface area contributed by atoms with E-state index in [1.165, 1.54) is 64.6 Å². The summed E-state index contributed by atoms with van der Waals surface area (Å²) in [6.45, 7) is 9.92. The smallest absolute Gasteiger partial charge is 0.191 e. The minimum atomic E-state index is 0. The van der Waals surface area contributed by atoms with Crippen LogP contribution in [0.1, 0.15) is 64.6 Å². The second-order valence-electron chi connectivity index (χ2n) is 9.04. The zero-order valence-corrected chi connectivity index (χ0v) is 20.9. The molecule has 166 valence electrons. The topological polar surface area (TPSA) is 57.5 Å². The Kier molecular flexibility index (Phi) is 10.8. The first kappa shape index (κ1) is 24.4. The van der Waals surface area contributed by atoms with E-state index in [9.17, 15) is 0 Å². The van der Waals surface area contributed by atoms with Crippen LogP contribution in [0.5, 0.6) is 0 Å². The molecule has 0 unspecified atom stereocenters. The van der Waals surface area contributed by atoms with Crippen molar-refractivity contribution < 1.29 is 0 Å². The molecule has 3 rings (SSSR count). The van der Waals surface area contributed by atoms with Crippen molar-refractivity contribution in [1.82, 2.24) is 25.1 Å². The van der Waals surface area contributed by atoms with Crippen molar-refractivity contribution in [3.05, 3.63) is 18.2 Å². The van der Waals surface area contributed by atoms with Gasteiger partial charge in [-0.2, -0.15) is 0 Å². The highest BCUT2D eigenvalue weighted by molar-refractivity contribution is 14.0. The predicted octanol–water partition coefficient (Wildman–Crippen LogP) is 3.87. The molecule has 0 spiro atoms. The van der Waals surface area contributed by atoms with Gasteiger partial charge in [0.1, 0.15) is 5.82 Å². The van der Waals surface area contributed by atoms with Crippen LogP contribution in [0.3, 0.4) is 0 Å². The lowest BCUT2D eigenvalue weighted by atomic mass is 9.88. The standard InChI is InChI=1S/C22H40N6.HI/c1-18(2)16-28-14-11-24-21(28)15-25-22(23-3)26-20-9-12-27(13-10-20)17-19-7-5-4-6-8-19;/h11,14,18-20H,4-10,12-13,15-17H2,1-3H3,(H2,23,25,26);1H. The SMILES string of the molecule is CN=C(NCc1nccn1CC(C)C)NC1CCN(CC2CCCCC2)CC1.I. The second kappa shape index (κ2) is 12.8. The van der Waals surface area contributed by atoms with E-state index in [2.05, 4.69) is 50.1 Å². The molecule has 6 nitrogen and oxygen atoms in total. The van der Waals surface area contributed by atoms with Gasteiger partial charge in [-0.3, -0.25) is 4.99 Å². The first-order chi connectivity index (χ1) is 13.6. The summed E-state index contributed by atoms with van der Waals surface area (Å²) in [4.78, 5) is 11.6. The van der Waals surface area contributed by atoms with Gasteiger partial charge in [0.15, 0.2) is 5.96 Å². The van der Waals surface area contributed by atoms with Crippen LogP contribution >= 0.6 is 24.0 Å². The Bertz CT molecular complexity index is 600. The average molecular weight is 517 g/mol. The third-order valence-electron chi connectivity index (χ3n) is 6.17. The fourth-order valence-electron chi connectivity index (χ4n) is 4.61.